The minimum Gasteiger partial charge on any atom is -0.336 e. The van der Waals surface area contributed by atoms with Crippen LogP contribution in [0.5, 0.6) is 0 Å². The van der Waals surface area contributed by atoms with Crippen LogP contribution in [0.4, 0.5) is 20.6 Å². The number of carbonyl (C=O) groups is 1. The Morgan fingerprint density at radius 1 is 1.24 bits per heavy atom. The van der Waals surface area contributed by atoms with Crippen molar-refractivity contribution in [3.63, 3.8) is 0 Å². The molecule has 0 aliphatic heterocycles. The molecule has 0 spiro atoms. The molecular formula is C17H19FN4O3. The van der Waals surface area contributed by atoms with Crippen molar-refractivity contribution in [3.8, 4) is 0 Å². The first-order chi connectivity index (χ1) is 11.9. The van der Waals surface area contributed by atoms with Crippen LogP contribution < -0.4 is 10.6 Å². The van der Waals surface area contributed by atoms with Crippen LogP contribution in [0.2, 0.25) is 0 Å². The maximum absolute atomic E-state index is 13.4. The number of urea groups is 1. The second-order valence-corrected chi connectivity index (χ2v) is 5.67. The molecule has 0 heterocycles. The highest BCUT2D eigenvalue weighted by molar-refractivity contribution is 5.89. The van der Waals surface area contributed by atoms with Crippen LogP contribution in [0.1, 0.15) is 11.6 Å². The fraction of sp³-hybridized carbons (Fsp3) is 0.235. The number of carbonyl (C=O) groups excluding carboxylic acids is 1. The number of nitro benzene ring substituents is 1. The third-order valence-electron chi connectivity index (χ3n) is 3.65. The zero-order chi connectivity index (χ0) is 18.4. The van der Waals surface area contributed by atoms with E-state index in [1.54, 1.807) is 12.1 Å². The second kappa shape index (κ2) is 8.20. The number of benzene rings is 2. The number of nitro groups is 1. The van der Waals surface area contributed by atoms with E-state index in [-0.39, 0.29) is 24.1 Å². The summed E-state index contributed by atoms with van der Waals surface area (Å²) in [6, 6.07) is 11.1. The highest BCUT2D eigenvalue weighted by atomic mass is 19.1. The average Bonchev–Trinajstić information content (AvgIpc) is 2.55. The number of anilines is 1. The van der Waals surface area contributed by atoms with Crippen molar-refractivity contribution in [2.45, 2.75) is 6.04 Å². The third-order valence-corrected chi connectivity index (χ3v) is 3.65. The molecule has 0 aliphatic carbocycles. The van der Waals surface area contributed by atoms with Crippen molar-refractivity contribution in [3.05, 3.63) is 70.0 Å². The Labute approximate surface area is 144 Å². The predicted octanol–water partition coefficient (Wildman–Crippen LogP) is 3.16. The van der Waals surface area contributed by atoms with Crippen LogP contribution in [0.3, 0.4) is 0 Å². The van der Waals surface area contributed by atoms with Gasteiger partial charge in [-0.05, 0) is 43.9 Å². The van der Waals surface area contributed by atoms with E-state index in [9.17, 15) is 19.3 Å². The minimum atomic E-state index is -0.509. The molecule has 2 rings (SSSR count). The Morgan fingerprint density at radius 2 is 1.92 bits per heavy atom. The summed E-state index contributed by atoms with van der Waals surface area (Å²) < 4.78 is 13.4. The van der Waals surface area contributed by atoms with Gasteiger partial charge in [0.2, 0.25) is 0 Å². The molecule has 0 radical (unpaired) electrons. The maximum atomic E-state index is 13.4. The molecule has 0 bridgehead atoms. The zero-order valence-corrected chi connectivity index (χ0v) is 13.9. The lowest BCUT2D eigenvalue weighted by Crippen LogP contribution is -2.36. The van der Waals surface area contributed by atoms with E-state index in [0.29, 0.717) is 5.69 Å². The minimum absolute atomic E-state index is 0.0512. The van der Waals surface area contributed by atoms with E-state index >= 15 is 0 Å². The molecular weight excluding hydrogens is 327 g/mol. The van der Waals surface area contributed by atoms with Gasteiger partial charge in [-0.1, -0.05) is 12.1 Å². The largest absolute Gasteiger partial charge is 0.336 e. The van der Waals surface area contributed by atoms with Gasteiger partial charge in [0.15, 0.2) is 0 Å². The summed E-state index contributed by atoms with van der Waals surface area (Å²) in [5.74, 6) is -0.334. The number of rotatable bonds is 6. The summed E-state index contributed by atoms with van der Waals surface area (Å²) in [7, 11) is 3.68. The molecule has 2 aromatic rings. The first-order valence-electron chi connectivity index (χ1n) is 7.58. The molecule has 2 N–H and O–H groups in total. The maximum Gasteiger partial charge on any atom is 0.319 e. The quantitative estimate of drug-likeness (QED) is 0.621. The van der Waals surface area contributed by atoms with E-state index in [0.717, 1.165) is 5.56 Å². The monoisotopic (exact) mass is 346 g/mol. The molecule has 1 atom stereocenters. The number of nitrogens with zero attached hydrogens (tertiary/aromatic N) is 2. The molecule has 2 amide bonds. The topological polar surface area (TPSA) is 87.5 Å². The van der Waals surface area contributed by atoms with Gasteiger partial charge in [-0.25, -0.2) is 9.18 Å². The predicted molar refractivity (Wildman–Crippen MR) is 92.9 cm³/mol. The van der Waals surface area contributed by atoms with Gasteiger partial charge in [0.1, 0.15) is 5.82 Å². The lowest BCUT2D eigenvalue weighted by atomic mass is 10.1. The van der Waals surface area contributed by atoms with Gasteiger partial charge in [0, 0.05) is 24.4 Å². The fourth-order valence-corrected chi connectivity index (χ4v) is 2.34. The van der Waals surface area contributed by atoms with Crippen LogP contribution >= 0.6 is 0 Å². The molecule has 0 saturated carbocycles. The molecule has 7 nitrogen and oxygen atoms in total. The average molecular weight is 346 g/mol. The Balaban J connectivity index is 1.96. The number of non-ortho nitro benzene ring substituents is 1. The summed E-state index contributed by atoms with van der Waals surface area (Å²) in [6.45, 7) is 0.273. The highest BCUT2D eigenvalue weighted by Gasteiger charge is 2.16. The number of hydrogen-bond donors (Lipinski definition) is 2. The third kappa shape index (κ3) is 5.25. The molecule has 0 aliphatic rings. The number of halogens is 1. The summed E-state index contributed by atoms with van der Waals surface area (Å²) in [4.78, 5) is 24.0. The van der Waals surface area contributed by atoms with Crippen LogP contribution in [0, 0.1) is 15.9 Å². The van der Waals surface area contributed by atoms with Crippen LogP contribution in [0.25, 0.3) is 0 Å². The van der Waals surface area contributed by atoms with Crippen LogP contribution in [-0.4, -0.2) is 36.5 Å². The first-order valence-corrected chi connectivity index (χ1v) is 7.58. The molecule has 2 aromatic carbocycles. The number of hydrogen-bond acceptors (Lipinski definition) is 4. The molecule has 1 unspecified atom stereocenters. The van der Waals surface area contributed by atoms with Crippen molar-refractivity contribution in [1.29, 1.82) is 0 Å². The first kappa shape index (κ1) is 18.3. The Kier molecular flexibility index (Phi) is 6.02. The molecule has 0 saturated heterocycles. The number of likely N-dealkylation sites (N-methyl/N-ethyl adjacent to an activating group) is 1. The van der Waals surface area contributed by atoms with Crippen molar-refractivity contribution < 1.29 is 14.1 Å². The van der Waals surface area contributed by atoms with Crippen molar-refractivity contribution in [2.24, 2.45) is 0 Å². The molecule has 132 valence electrons. The standard InChI is InChI=1S/C17H19FN4O3/c1-21(2)16(12-4-3-5-13(18)10-12)11-19-17(23)20-14-6-8-15(9-7-14)22(24)25/h3-10,16H,11H2,1-2H3,(H2,19,20,23). The van der Waals surface area contributed by atoms with Gasteiger partial charge in [-0.3, -0.25) is 10.1 Å². The van der Waals surface area contributed by atoms with Gasteiger partial charge < -0.3 is 15.5 Å². The van der Waals surface area contributed by atoms with Gasteiger partial charge >= 0.3 is 6.03 Å². The summed E-state index contributed by atoms with van der Waals surface area (Å²) in [6.07, 6.45) is 0. The Bertz CT molecular complexity index is 750. The lowest BCUT2D eigenvalue weighted by Gasteiger charge is -2.25. The van der Waals surface area contributed by atoms with Crippen molar-refractivity contribution in [2.75, 3.05) is 26.0 Å². The van der Waals surface area contributed by atoms with Gasteiger partial charge in [0.25, 0.3) is 5.69 Å². The SMILES string of the molecule is CN(C)C(CNC(=O)Nc1ccc([N+](=O)[O-])cc1)c1cccc(F)c1. The number of amides is 2. The van der Waals surface area contributed by atoms with Crippen molar-refractivity contribution in [1.82, 2.24) is 10.2 Å². The van der Waals surface area contributed by atoms with Crippen molar-refractivity contribution >= 4 is 17.4 Å². The van der Waals surface area contributed by atoms with Crippen LogP contribution in [-0.2, 0) is 0 Å². The molecule has 25 heavy (non-hydrogen) atoms. The van der Waals surface area contributed by atoms with Gasteiger partial charge in [-0.15, -0.1) is 0 Å². The summed E-state index contributed by atoms with van der Waals surface area (Å²) in [5, 5.41) is 15.9. The van der Waals surface area contributed by atoms with E-state index in [1.807, 2.05) is 19.0 Å². The lowest BCUT2D eigenvalue weighted by molar-refractivity contribution is -0.384. The summed E-state index contributed by atoms with van der Waals surface area (Å²) in [5.41, 5.74) is 1.14. The molecule has 8 heteroatoms. The Hall–Kier alpha value is -3.00. The fourth-order valence-electron chi connectivity index (χ4n) is 2.34. The molecule has 0 fully saturated rings. The number of nitrogens with one attached hydrogen (secondary N) is 2. The van der Waals surface area contributed by atoms with E-state index < -0.39 is 11.0 Å². The van der Waals surface area contributed by atoms with E-state index in [1.165, 1.54) is 36.4 Å². The van der Waals surface area contributed by atoms with Gasteiger partial charge in [-0.2, -0.15) is 0 Å². The van der Waals surface area contributed by atoms with E-state index in [4.69, 9.17) is 0 Å². The smallest absolute Gasteiger partial charge is 0.319 e. The van der Waals surface area contributed by atoms with Crippen LogP contribution in [0.15, 0.2) is 48.5 Å². The summed E-state index contributed by atoms with van der Waals surface area (Å²) >= 11 is 0. The zero-order valence-electron chi connectivity index (χ0n) is 13.9. The second-order valence-electron chi connectivity index (χ2n) is 5.67. The highest BCUT2D eigenvalue weighted by Crippen LogP contribution is 2.19. The normalized spacial score (nSPS) is 11.8. The molecule has 0 aromatic heterocycles. The van der Waals surface area contributed by atoms with Gasteiger partial charge in [0.05, 0.1) is 11.0 Å². The van der Waals surface area contributed by atoms with E-state index in [2.05, 4.69) is 10.6 Å². The Morgan fingerprint density at radius 3 is 2.48 bits per heavy atom.